The number of carbonyl (C=O) groups is 1. The van der Waals surface area contributed by atoms with Gasteiger partial charge >= 0.3 is 0 Å². The van der Waals surface area contributed by atoms with E-state index in [9.17, 15) is 10.1 Å². The Morgan fingerprint density at radius 2 is 1.95 bits per heavy atom. The van der Waals surface area contributed by atoms with Gasteiger partial charge in [0.2, 0.25) is 5.91 Å². The van der Waals surface area contributed by atoms with E-state index in [4.69, 9.17) is 0 Å². The van der Waals surface area contributed by atoms with Crippen LogP contribution >= 0.6 is 0 Å². The summed E-state index contributed by atoms with van der Waals surface area (Å²) in [6.07, 6.45) is 6.08. The summed E-state index contributed by atoms with van der Waals surface area (Å²) in [6, 6.07) is 2.67. The first-order chi connectivity index (χ1) is 8.92. The van der Waals surface area contributed by atoms with Crippen LogP contribution in [0.5, 0.6) is 0 Å². The van der Waals surface area contributed by atoms with E-state index in [1.165, 1.54) is 12.8 Å². The monoisotopic (exact) mass is 265 g/mol. The lowest BCUT2D eigenvalue weighted by atomic mass is 9.96. The van der Waals surface area contributed by atoms with Gasteiger partial charge in [0.15, 0.2) is 0 Å². The largest absolute Gasteiger partial charge is 0.351 e. The van der Waals surface area contributed by atoms with E-state index >= 15 is 0 Å². The number of hydrogen-bond donors (Lipinski definition) is 2. The molecule has 0 radical (unpaired) electrons. The predicted octanol–water partition coefficient (Wildman–Crippen LogP) is 2.35. The topological polar surface area (TPSA) is 64.9 Å². The van der Waals surface area contributed by atoms with Gasteiger partial charge in [0.25, 0.3) is 0 Å². The molecule has 0 aromatic carbocycles. The molecule has 1 amide bonds. The van der Waals surface area contributed by atoms with Crippen LogP contribution in [0.1, 0.15) is 59.3 Å². The molecule has 0 bridgehead atoms. The first-order valence-corrected chi connectivity index (χ1v) is 7.36. The highest BCUT2D eigenvalue weighted by atomic mass is 16.1. The van der Waals surface area contributed by atoms with E-state index in [1.807, 2.05) is 20.8 Å². The van der Waals surface area contributed by atoms with Crippen LogP contribution in [0, 0.1) is 17.2 Å². The van der Waals surface area contributed by atoms with Crippen molar-refractivity contribution in [3.63, 3.8) is 0 Å². The molecule has 2 unspecified atom stereocenters. The summed E-state index contributed by atoms with van der Waals surface area (Å²) >= 11 is 0. The van der Waals surface area contributed by atoms with Crippen molar-refractivity contribution in [1.29, 1.82) is 5.26 Å². The van der Waals surface area contributed by atoms with Gasteiger partial charge in [-0.05, 0) is 33.6 Å². The SMILES string of the molecule is CC(C)(C)NC(=O)CCNC1CCCCCC1C#N. The molecule has 1 rings (SSSR count). The standard InChI is InChI=1S/C15H27N3O/c1-15(2,3)18-14(19)9-10-17-13-8-6-4-5-7-12(13)11-16/h12-13,17H,4-10H2,1-3H3,(H,18,19). The molecule has 0 aliphatic heterocycles. The highest BCUT2D eigenvalue weighted by molar-refractivity contribution is 5.76. The second-order valence-electron chi connectivity index (χ2n) is 6.48. The Bertz CT molecular complexity index is 327. The third-order valence-electron chi connectivity index (χ3n) is 3.45. The normalized spacial score (nSPS) is 24.3. The van der Waals surface area contributed by atoms with Crippen molar-refractivity contribution in [1.82, 2.24) is 10.6 Å². The minimum Gasteiger partial charge on any atom is -0.351 e. The van der Waals surface area contributed by atoms with Crippen LogP contribution in [0.4, 0.5) is 0 Å². The molecule has 4 heteroatoms. The summed E-state index contributed by atoms with van der Waals surface area (Å²) in [5.41, 5.74) is -0.172. The maximum atomic E-state index is 11.7. The number of amides is 1. The Balaban J connectivity index is 2.31. The maximum Gasteiger partial charge on any atom is 0.221 e. The Hall–Kier alpha value is -1.08. The lowest BCUT2D eigenvalue weighted by Gasteiger charge is -2.23. The Labute approximate surface area is 116 Å². The number of nitrogens with one attached hydrogen (secondary N) is 2. The van der Waals surface area contributed by atoms with E-state index in [1.54, 1.807) is 0 Å². The van der Waals surface area contributed by atoms with E-state index in [0.717, 1.165) is 19.3 Å². The molecule has 2 atom stereocenters. The molecule has 4 nitrogen and oxygen atoms in total. The molecule has 0 saturated heterocycles. The Kier molecular flexibility index (Phi) is 6.30. The molecule has 1 fully saturated rings. The van der Waals surface area contributed by atoms with Crippen molar-refractivity contribution in [2.45, 2.75) is 70.9 Å². The average Bonchev–Trinajstić information content (AvgIpc) is 2.51. The second-order valence-corrected chi connectivity index (χ2v) is 6.48. The van der Waals surface area contributed by atoms with Gasteiger partial charge in [-0.15, -0.1) is 0 Å². The first kappa shape index (κ1) is 16.0. The molecule has 108 valence electrons. The fourth-order valence-electron chi connectivity index (χ4n) is 2.56. The average molecular weight is 265 g/mol. The molecule has 1 aliphatic carbocycles. The predicted molar refractivity (Wildman–Crippen MR) is 76.5 cm³/mol. The van der Waals surface area contributed by atoms with Gasteiger partial charge in [-0.25, -0.2) is 0 Å². The van der Waals surface area contributed by atoms with Crippen LogP contribution in [0.25, 0.3) is 0 Å². The number of rotatable bonds is 4. The number of nitriles is 1. The highest BCUT2D eigenvalue weighted by Crippen LogP contribution is 2.22. The summed E-state index contributed by atoms with van der Waals surface area (Å²) in [7, 11) is 0. The van der Waals surface area contributed by atoms with Gasteiger partial charge in [-0.2, -0.15) is 5.26 Å². The zero-order chi connectivity index (χ0) is 14.3. The van der Waals surface area contributed by atoms with Crippen molar-refractivity contribution in [3.05, 3.63) is 0 Å². The summed E-state index contributed by atoms with van der Waals surface area (Å²) in [4.78, 5) is 11.7. The van der Waals surface area contributed by atoms with Gasteiger partial charge in [-0.1, -0.05) is 19.3 Å². The van der Waals surface area contributed by atoms with Gasteiger partial charge in [0.05, 0.1) is 12.0 Å². The Morgan fingerprint density at radius 1 is 1.26 bits per heavy atom. The third kappa shape index (κ3) is 6.58. The molecule has 2 N–H and O–H groups in total. The second kappa shape index (κ2) is 7.49. The van der Waals surface area contributed by atoms with Crippen LogP contribution in [-0.4, -0.2) is 24.0 Å². The summed E-state index contributed by atoms with van der Waals surface area (Å²) in [6.45, 7) is 6.60. The van der Waals surface area contributed by atoms with Crippen LogP contribution in [0.15, 0.2) is 0 Å². The fraction of sp³-hybridized carbons (Fsp3) is 0.867. The lowest BCUT2D eigenvalue weighted by Crippen LogP contribution is -2.43. The number of hydrogen-bond acceptors (Lipinski definition) is 3. The molecule has 0 aromatic rings. The minimum atomic E-state index is -0.172. The zero-order valence-electron chi connectivity index (χ0n) is 12.5. The minimum absolute atomic E-state index is 0.0714. The van der Waals surface area contributed by atoms with Crippen molar-refractivity contribution in [3.8, 4) is 6.07 Å². The van der Waals surface area contributed by atoms with Gasteiger partial charge < -0.3 is 10.6 Å². The quantitative estimate of drug-likeness (QED) is 0.767. The van der Waals surface area contributed by atoms with Gasteiger partial charge in [0, 0.05) is 24.5 Å². The molecular weight excluding hydrogens is 238 g/mol. The molecule has 0 heterocycles. The van der Waals surface area contributed by atoms with Crippen molar-refractivity contribution in [2.24, 2.45) is 5.92 Å². The Morgan fingerprint density at radius 3 is 2.58 bits per heavy atom. The molecule has 1 saturated carbocycles. The summed E-state index contributed by atoms with van der Waals surface area (Å²) in [5.74, 6) is 0.176. The lowest BCUT2D eigenvalue weighted by molar-refractivity contribution is -0.122. The maximum absolute atomic E-state index is 11.7. The summed E-state index contributed by atoms with van der Waals surface area (Å²) in [5, 5.41) is 15.5. The van der Waals surface area contributed by atoms with E-state index in [2.05, 4.69) is 16.7 Å². The van der Waals surface area contributed by atoms with E-state index in [0.29, 0.717) is 13.0 Å². The highest BCUT2D eigenvalue weighted by Gasteiger charge is 2.23. The van der Waals surface area contributed by atoms with Gasteiger partial charge in [0.1, 0.15) is 0 Å². The van der Waals surface area contributed by atoms with E-state index in [-0.39, 0.29) is 23.4 Å². The van der Waals surface area contributed by atoms with Crippen LogP contribution in [0.3, 0.4) is 0 Å². The van der Waals surface area contributed by atoms with Crippen molar-refractivity contribution >= 4 is 5.91 Å². The third-order valence-corrected chi connectivity index (χ3v) is 3.45. The number of carbonyl (C=O) groups excluding carboxylic acids is 1. The smallest absolute Gasteiger partial charge is 0.221 e. The molecular formula is C15H27N3O. The molecule has 1 aliphatic rings. The van der Waals surface area contributed by atoms with E-state index < -0.39 is 0 Å². The number of nitrogens with zero attached hydrogens (tertiary/aromatic N) is 1. The molecule has 19 heavy (non-hydrogen) atoms. The fourth-order valence-corrected chi connectivity index (χ4v) is 2.56. The first-order valence-electron chi connectivity index (χ1n) is 7.36. The van der Waals surface area contributed by atoms with Gasteiger partial charge in [-0.3, -0.25) is 4.79 Å². The molecule has 0 spiro atoms. The van der Waals surface area contributed by atoms with Crippen LogP contribution in [0.2, 0.25) is 0 Å². The zero-order valence-corrected chi connectivity index (χ0v) is 12.5. The summed E-state index contributed by atoms with van der Waals surface area (Å²) < 4.78 is 0. The van der Waals surface area contributed by atoms with Crippen LogP contribution in [-0.2, 0) is 4.79 Å². The van der Waals surface area contributed by atoms with Crippen molar-refractivity contribution in [2.75, 3.05) is 6.54 Å². The van der Waals surface area contributed by atoms with Crippen molar-refractivity contribution < 1.29 is 4.79 Å². The molecule has 0 aromatic heterocycles. The van der Waals surface area contributed by atoms with Crippen LogP contribution < -0.4 is 10.6 Å².